The number of nitrogens with zero attached hydrogens (tertiary/aromatic N) is 1. The highest BCUT2D eigenvalue weighted by Gasteiger charge is 2.25. The van der Waals surface area contributed by atoms with Crippen LogP contribution in [0.4, 0.5) is 4.39 Å². The van der Waals surface area contributed by atoms with E-state index < -0.39 is 24.6 Å². The molecule has 2 aromatic carbocycles. The van der Waals surface area contributed by atoms with Crippen molar-refractivity contribution in [2.45, 2.75) is 57.9 Å². The lowest BCUT2D eigenvalue weighted by atomic mass is 9.87. The van der Waals surface area contributed by atoms with Crippen LogP contribution in [-0.4, -0.2) is 38.5 Å². The fourth-order valence-electron chi connectivity index (χ4n) is 4.68. The zero-order valence-electron chi connectivity index (χ0n) is 20.4. The third-order valence-electron chi connectivity index (χ3n) is 6.34. The van der Waals surface area contributed by atoms with E-state index in [0.29, 0.717) is 13.1 Å². The first-order valence-electron chi connectivity index (χ1n) is 12.1. The van der Waals surface area contributed by atoms with E-state index in [1.165, 1.54) is 12.1 Å². The molecule has 0 aliphatic carbocycles. The summed E-state index contributed by atoms with van der Waals surface area (Å²) in [4.78, 5) is 16.0. The number of aliphatic hydroxyl groups excluding tert-OH is 2. The number of nitrogens with one attached hydrogen (secondary N) is 1. The van der Waals surface area contributed by atoms with Crippen LogP contribution in [0.25, 0.3) is 28.5 Å². The molecule has 0 saturated carbocycles. The van der Waals surface area contributed by atoms with Crippen LogP contribution in [0, 0.1) is 5.82 Å². The summed E-state index contributed by atoms with van der Waals surface area (Å²) in [6.07, 6.45) is 0.613. The van der Waals surface area contributed by atoms with E-state index >= 15 is 0 Å². The average Bonchev–Trinajstić information content (AvgIpc) is 3.01. The molecule has 4 rings (SSSR count). The summed E-state index contributed by atoms with van der Waals surface area (Å²) in [5.41, 5.74) is 7.44. The van der Waals surface area contributed by atoms with Gasteiger partial charge in [-0.15, -0.1) is 0 Å². The summed E-state index contributed by atoms with van der Waals surface area (Å²) in [5, 5.41) is 32.8. The molecule has 36 heavy (non-hydrogen) atoms. The van der Waals surface area contributed by atoms with Crippen LogP contribution in [-0.2, 0) is 17.9 Å². The second kappa shape index (κ2) is 11.1. The molecule has 4 N–H and O–H groups in total. The Kier molecular flexibility index (Phi) is 7.94. The monoisotopic (exact) mass is 490 g/mol. The SMILES string of the molecule is CC(C)c1nc2c(c(-c3ccc(F)cc3)c1C=C[C@@H](O)C[C@@H](O)CC(=O)O)CNCc1ccccc1-2. The highest BCUT2D eigenvalue weighted by molar-refractivity contribution is 5.85. The maximum absolute atomic E-state index is 13.8. The van der Waals surface area contributed by atoms with Gasteiger partial charge in [-0.25, -0.2) is 4.39 Å². The van der Waals surface area contributed by atoms with Gasteiger partial charge in [-0.1, -0.05) is 62.4 Å². The quantitative estimate of drug-likeness (QED) is 0.359. The number of benzene rings is 2. The van der Waals surface area contributed by atoms with Gasteiger partial charge in [0, 0.05) is 36.2 Å². The Morgan fingerprint density at radius 2 is 1.83 bits per heavy atom. The van der Waals surface area contributed by atoms with Gasteiger partial charge in [0.05, 0.1) is 30.0 Å². The van der Waals surface area contributed by atoms with Gasteiger partial charge in [0.15, 0.2) is 0 Å². The van der Waals surface area contributed by atoms with Gasteiger partial charge >= 0.3 is 5.97 Å². The van der Waals surface area contributed by atoms with Crippen LogP contribution < -0.4 is 5.32 Å². The van der Waals surface area contributed by atoms with Crippen LogP contribution in [0.2, 0.25) is 0 Å². The summed E-state index contributed by atoms with van der Waals surface area (Å²) >= 11 is 0. The van der Waals surface area contributed by atoms with Crippen molar-refractivity contribution in [1.82, 2.24) is 10.3 Å². The Morgan fingerprint density at radius 1 is 1.11 bits per heavy atom. The van der Waals surface area contributed by atoms with Crippen molar-refractivity contribution in [3.8, 4) is 22.4 Å². The van der Waals surface area contributed by atoms with Crippen LogP contribution in [0.1, 0.15) is 55.0 Å². The molecule has 1 aliphatic heterocycles. The third-order valence-corrected chi connectivity index (χ3v) is 6.34. The second-order valence-corrected chi connectivity index (χ2v) is 9.45. The molecule has 0 spiro atoms. The largest absolute Gasteiger partial charge is 0.481 e. The first kappa shape index (κ1) is 25.7. The summed E-state index contributed by atoms with van der Waals surface area (Å²) < 4.78 is 13.8. The normalized spacial score (nSPS) is 14.8. The Morgan fingerprint density at radius 3 is 2.53 bits per heavy atom. The van der Waals surface area contributed by atoms with E-state index in [1.807, 2.05) is 12.1 Å². The van der Waals surface area contributed by atoms with Crippen LogP contribution in [0.3, 0.4) is 0 Å². The van der Waals surface area contributed by atoms with Crippen LogP contribution >= 0.6 is 0 Å². The molecular weight excluding hydrogens is 459 g/mol. The fourth-order valence-corrected chi connectivity index (χ4v) is 4.68. The van der Waals surface area contributed by atoms with Crippen molar-refractivity contribution in [2.75, 3.05) is 0 Å². The van der Waals surface area contributed by atoms with E-state index in [4.69, 9.17) is 10.1 Å². The Hall–Kier alpha value is -3.39. The van der Waals surface area contributed by atoms with Crippen LogP contribution in [0.5, 0.6) is 0 Å². The minimum Gasteiger partial charge on any atom is -0.481 e. The van der Waals surface area contributed by atoms with E-state index in [9.17, 15) is 19.4 Å². The molecule has 0 saturated heterocycles. The number of hydrogen-bond donors (Lipinski definition) is 4. The van der Waals surface area contributed by atoms with E-state index in [-0.39, 0.29) is 18.2 Å². The lowest BCUT2D eigenvalue weighted by Crippen LogP contribution is -2.19. The van der Waals surface area contributed by atoms with Gasteiger partial charge in [0.1, 0.15) is 5.82 Å². The van der Waals surface area contributed by atoms with Crippen molar-refractivity contribution < 1.29 is 24.5 Å². The number of rotatable bonds is 8. The maximum Gasteiger partial charge on any atom is 0.305 e. The molecule has 0 unspecified atom stereocenters. The van der Waals surface area contributed by atoms with Crippen molar-refractivity contribution in [2.24, 2.45) is 0 Å². The molecule has 188 valence electrons. The highest BCUT2D eigenvalue weighted by Crippen LogP contribution is 2.40. The summed E-state index contributed by atoms with van der Waals surface area (Å²) in [6.45, 7) is 5.35. The second-order valence-electron chi connectivity index (χ2n) is 9.45. The van der Waals surface area contributed by atoms with E-state index in [2.05, 4.69) is 31.3 Å². The Labute approximate surface area is 210 Å². The highest BCUT2D eigenvalue weighted by atomic mass is 19.1. The molecule has 0 radical (unpaired) electrons. The molecule has 2 atom stereocenters. The minimum atomic E-state index is -1.16. The molecule has 1 aromatic heterocycles. The first-order chi connectivity index (χ1) is 17.2. The lowest BCUT2D eigenvalue weighted by molar-refractivity contribution is -0.139. The minimum absolute atomic E-state index is 0.0484. The number of hydrogen-bond acceptors (Lipinski definition) is 5. The standard InChI is InChI=1S/C29H31FN2O4/c1-17(2)28-24(12-11-21(33)13-22(34)14-26(35)36)27(18-7-9-20(30)10-8-18)25-16-31-15-19-5-3-4-6-23(19)29(25)32-28/h3-12,17,21-22,31,33-34H,13-16H2,1-2H3,(H,35,36)/t21-,22-/m1/s1. The van der Waals surface area contributed by atoms with Crippen molar-refractivity contribution >= 4 is 12.0 Å². The van der Waals surface area contributed by atoms with Crippen molar-refractivity contribution in [1.29, 1.82) is 0 Å². The van der Waals surface area contributed by atoms with Gasteiger partial charge in [-0.3, -0.25) is 9.78 Å². The number of aromatic nitrogens is 1. The predicted molar refractivity (Wildman–Crippen MR) is 138 cm³/mol. The Bertz CT molecular complexity index is 1270. The van der Waals surface area contributed by atoms with Crippen molar-refractivity contribution in [3.05, 3.63) is 82.8 Å². The van der Waals surface area contributed by atoms with Crippen molar-refractivity contribution in [3.63, 3.8) is 0 Å². The third kappa shape index (κ3) is 5.70. The molecule has 1 aliphatic rings. The maximum atomic E-state index is 13.8. The lowest BCUT2D eigenvalue weighted by Gasteiger charge is -2.22. The molecule has 0 fully saturated rings. The summed E-state index contributed by atoms with van der Waals surface area (Å²) in [5.74, 6) is -1.40. The molecule has 2 heterocycles. The zero-order valence-corrected chi connectivity index (χ0v) is 20.4. The fraction of sp³-hybridized carbons (Fsp3) is 0.310. The number of carboxylic acids is 1. The first-order valence-corrected chi connectivity index (χ1v) is 12.1. The van der Waals surface area contributed by atoms with E-state index in [0.717, 1.165) is 44.8 Å². The molecule has 6 nitrogen and oxygen atoms in total. The molecule has 0 amide bonds. The number of fused-ring (bicyclic) bond motifs is 3. The number of pyridine rings is 1. The number of aliphatic carboxylic acids is 1. The predicted octanol–water partition coefficient (Wildman–Crippen LogP) is 4.88. The van der Waals surface area contributed by atoms with E-state index in [1.54, 1.807) is 24.3 Å². The summed E-state index contributed by atoms with van der Waals surface area (Å²) in [7, 11) is 0. The zero-order chi connectivity index (χ0) is 25.8. The number of carboxylic acid groups (broad SMARTS) is 1. The molecule has 3 aromatic rings. The van der Waals surface area contributed by atoms with Gasteiger partial charge in [-0.05, 0) is 34.7 Å². The number of aliphatic hydroxyl groups is 2. The molecule has 0 bridgehead atoms. The molecular formula is C29H31FN2O4. The smallest absolute Gasteiger partial charge is 0.305 e. The van der Waals surface area contributed by atoms with Gasteiger partial charge in [0.25, 0.3) is 0 Å². The Balaban J connectivity index is 1.90. The average molecular weight is 491 g/mol. The molecule has 7 heteroatoms. The van der Waals surface area contributed by atoms with Gasteiger partial charge in [0.2, 0.25) is 0 Å². The number of carbonyl (C=O) groups is 1. The topological polar surface area (TPSA) is 103 Å². The number of halogens is 1. The van der Waals surface area contributed by atoms with Gasteiger partial charge < -0.3 is 20.6 Å². The van der Waals surface area contributed by atoms with Crippen LogP contribution in [0.15, 0.2) is 54.6 Å². The van der Waals surface area contributed by atoms with Gasteiger partial charge in [-0.2, -0.15) is 0 Å². The summed E-state index contributed by atoms with van der Waals surface area (Å²) in [6, 6.07) is 14.5.